The zero-order chi connectivity index (χ0) is 16.1. The number of hydrogen-bond donors (Lipinski definition) is 0. The molecule has 0 aromatic heterocycles. The third kappa shape index (κ3) is 3.81. The summed E-state index contributed by atoms with van der Waals surface area (Å²) in [6, 6.07) is 25.4. The van der Waals surface area contributed by atoms with Crippen molar-refractivity contribution in [3.05, 3.63) is 72.8 Å². The molecule has 3 aromatic carbocycles. The van der Waals surface area contributed by atoms with Crippen molar-refractivity contribution in [2.45, 2.75) is 0 Å². The molecule has 23 heavy (non-hydrogen) atoms. The molecule has 0 aliphatic carbocycles. The van der Waals surface area contributed by atoms with Crippen LogP contribution in [0.4, 0.5) is 0 Å². The molecule has 0 saturated heterocycles. The summed E-state index contributed by atoms with van der Waals surface area (Å²) in [4.78, 5) is 2.14. The van der Waals surface area contributed by atoms with E-state index in [1.54, 1.807) is 0 Å². The highest BCUT2D eigenvalue weighted by Gasteiger charge is 2.23. The molecular weight excluding hydrogens is 281 g/mol. The molecule has 0 aliphatic heterocycles. The second kappa shape index (κ2) is 7.45. The molecule has 0 unspecified atom stereocenters. The van der Waals surface area contributed by atoms with Crippen molar-refractivity contribution in [2.75, 3.05) is 27.2 Å². The van der Waals surface area contributed by atoms with Gasteiger partial charge in [0.05, 0.1) is 0 Å². The molecule has 3 rings (SSSR count). The average molecular weight is 303 g/mol. The van der Waals surface area contributed by atoms with Crippen molar-refractivity contribution in [3.63, 3.8) is 0 Å². The minimum absolute atomic E-state index is 0.0396. The summed E-state index contributed by atoms with van der Waals surface area (Å²) in [7, 11) is 4.14. The Hall–Kier alpha value is -2.10. The average Bonchev–Trinajstić information content (AvgIpc) is 2.59. The third-order valence-corrected chi connectivity index (χ3v) is 4.03. The van der Waals surface area contributed by atoms with Crippen molar-refractivity contribution >= 4 is 28.6 Å². The molecule has 0 heterocycles. The Morgan fingerprint density at radius 3 is 2.30 bits per heavy atom. The minimum Gasteiger partial charge on any atom is -0.426 e. The highest BCUT2D eigenvalue weighted by atomic mass is 16.4. The van der Waals surface area contributed by atoms with E-state index in [0.717, 1.165) is 6.54 Å². The summed E-state index contributed by atoms with van der Waals surface area (Å²) in [6.07, 6.45) is 0. The standard InChI is InChI=1S/C20H22BNO/c1-22(2)15-16-23-21(18-11-4-3-5-12-18)20-14-8-10-17-9-6-7-13-19(17)20/h3-14H,15-16H2,1-2H3. The van der Waals surface area contributed by atoms with Crippen LogP contribution in [0.2, 0.25) is 0 Å². The van der Waals surface area contributed by atoms with Crippen LogP contribution < -0.4 is 10.9 Å². The van der Waals surface area contributed by atoms with Crippen molar-refractivity contribution in [3.8, 4) is 0 Å². The molecule has 3 heteroatoms. The van der Waals surface area contributed by atoms with Gasteiger partial charge in [-0.2, -0.15) is 0 Å². The van der Waals surface area contributed by atoms with Crippen LogP contribution in [0.15, 0.2) is 72.8 Å². The lowest BCUT2D eigenvalue weighted by atomic mass is 9.54. The van der Waals surface area contributed by atoms with E-state index >= 15 is 0 Å². The highest BCUT2D eigenvalue weighted by Crippen LogP contribution is 2.12. The lowest BCUT2D eigenvalue weighted by Gasteiger charge is -2.19. The quantitative estimate of drug-likeness (QED) is 0.649. The van der Waals surface area contributed by atoms with E-state index in [1.807, 2.05) is 6.07 Å². The molecule has 0 N–H and O–H groups in total. The summed E-state index contributed by atoms with van der Waals surface area (Å²) < 4.78 is 6.29. The number of nitrogens with zero attached hydrogens (tertiary/aromatic N) is 1. The maximum Gasteiger partial charge on any atom is 0.362 e. The Bertz CT molecular complexity index is 752. The van der Waals surface area contributed by atoms with E-state index in [4.69, 9.17) is 4.65 Å². The van der Waals surface area contributed by atoms with Gasteiger partial charge in [0.25, 0.3) is 0 Å². The SMILES string of the molecule is CN(C)CCOB(c1ccccc1)c1cccc2ccccc12. The second-order valence-corrected chi connectivity index (χ2v) is 6.03. The van der Waals surface area contributed by atoms with Gasteiger partial charge < -0.3 is 9.55 Å². The maximum atomic E-state index is 6.29. The smallest absolute Gasteiger partial charge is 0.362 e. The van der Waals surface area contributed by atoms with Gasteiger partial charge in [0.2, 0.25) is 0 Å². The molecule has 0 atom stereocenters. The molecule has 0 saturated carbocycles. The molecule has 0 fully saturated rings. The van der Waals surface area contributed by atoms with Crippen LogP contribution in [0.1, 0.15) is 0 Å². The molecule has 0 bridgehead atoms. The normalized spacial score (nSPS) is 11.1. The fourth-order valence-corrected chi connectivity index (χ4v) is 2.83. The topological polar surface area (TPSA) is 12.5 Å². The van der Waals surface area contributed by atoms with Gasteiger partial charge in [-0.25, -0.2) is 0 Å². The first-order valence-electron chi connectivity index (χ1n) is 8.04. The first kappa shape index (κ1) is 15.8. The van der Waals surface area contributed by atoms with E-state index in [1.165, 1.54) is 21.7 Å². The summed E-state index contributed by atoms with van der Waals surface area (Å²) >= 11 is 0. The van der Waals surface area contributed by atoms with E-state index < -0.39 is 0 Å². The first-order valence-corrected chi connectivity index (χ1v) is 8.04. The number of fused-ring (bicyclic) bond motifs is 1. The van der Waals surface area contributed by atoms with Gasteiger partial charge in [-0.3, -0.25) is 0 Å². The third-order valence-electron chi connectivity index (χ3n) is 4.03. The van der Waals surface area contributed by atoms with E-state index in [2.05, 4.69) is 85.7 Å². The van der Waals surface area contributed by atoms with Crippen molar-refractivity contribution in [1.82, 2.24) is 4.90 Å². The van der Waals surface area contributed by atoms with Crippen molar-refractivity contribution in [2.24, 2.45) is 0 Å². The monoisotopic (exact) mass is 303 g/mol. The molecular formula is C20H22BNO. The largest absolute Gasteiger partial charge is 0.426 e. The summed E-state index contributed by atoms with van der Waals surface area (Å²) in [6.45, 7) is 1.58. The molecule has 0 spiro atoms. The van der Waals surface area contributed by atoms with Gasteiger partial charge in [0.15, 0.2) is 0 Å². The first-order chi connectivity index (χ1) is 11.3. The van der Waals surface area contributed by atoms with Crippen LogP contribution in [-0.2, 0) is 4.65 Å². The van der Waals surface area contributed by atoms with Crippen LogP contribution in [0.3, 0.4) is 0 Å². The van der Waals surface area contributed by atoms with Crippen molar-refractivity contribution < 1.29 is 4.65 Å². The van der Waals surface area contributed by atoms with Crippen LogP contribution in [0, 0.1) is 0 Å². The molecule has 2 nitrogen and oxygen atoms in total. The fraction of sp³-hybridized carbons (Fsp3) is 0.200. The van der Waals surface area contributed by atoms with E-state index in [-0.39, 0.29) is 6.92 Å². The molecule has 0 aliphatic rings. The van der Waals surface area contributed by atoms with Crippen LogP contribution >= 0.6 is 0 Å². The zero-order valence-electron chi connectivity index (χ0n) is 13.8. The van der Waals surface area contributed by atoms with Gasteiger partial charge in [-0.1, -0.05) is 72.8 Å². The lowest BCUT2D eigenvalue weighted by molar-refractivity contribution is 0.269. The van der Waals surface area contributed by atoms with Crippen LogP contribution in [-0.4, -0.2) is 39.1 Å². The Morgan fingerprint density at radius 1 is 0.826 bits per heavy atom. The molecule has 0 amide bonds. The van der Waals surface area contributed by atoms with Crippen LogP contribution in [0.25, 0.3) is 10.8 Å². The predicted octanol–water partition coefficient (Wildman–Crippen LogP) is 2.52. The Morgan fingerprint density at radius 2 is 1.52 bits per heavy atom. The summed E-state index contributed by atoms with van der Waals surface area (Å²) in [5.41, 5.74) is 2.43. The van der Waals surface area contributed by atoms with E-state index in [9.17, 15) is 0 Å². The van der Waals surface area contributed by atoms with Gasteiger partial charge in [0.1, 0.15) is 0 Å². The van der Waals surface area contributed by atoms with Gasteiger partial charge in [-0.05, 0) is 35.8 Å². The van der Waals surface area contributed by atoms with Gasteiger partial charge >= 0.3 is 6.92 Å². The lowest BCUT2D eigenvalue weighted by Crippen LogP contribution is -2.46. The van der Waals surface area contributed by atoms with Gasteiger partial charge in [-0.15, -0.1) is 0 Å². The molecule has 116 valence electrons. The van der Waals surface area contributed by atoms with Crippen molar-refractivity contribution in [1.29, 1.82) is 0 Å². The second-order valence-electron chi connectivity index (χ2n) is 6.03. The maximum absolute atomic E-state index is 6.29. The Balaban J connectivity index is 1.99. The Kier molecular flexibility index (Phi) is 5.11. The summed E-state index contributed by atoms with van der Waals surface area (Å²) in [5, 5.41) is 2.51. The number of benzene rings is 3. The number of likely N-dealkylation sites (N-methyl/N-ethyl adjacent to an activating group) is 1. The van der Waals surface area contributed by atoms with E-state index in [0.29, 0.717) is 6.61 Å². The fourth-order valence-electron chi connectivity index (χ4n) is 2.83. The van der Waals surface area contributed by atoms with Crippen LogP contribution in [0.5, 0.6) is 0 Å². The summed E-state index contributed by atoms with van der Waals surface area (Å²) in [5.74, 6) is 0. The highest BCUT2D eigenvalue weighted by molar-refractivity contribution is 6.81. The molecule has 0 radical (unpaired) electrons. The van der Waals surface area contributed by atoms with Gasteiger partial charge in [0, 0.05) is 13.2 Å². The molecule has 3 aromatic rings. The minimum atomic E-state index is -0.0396. The number of rotatable bonds is 6. The Labute approximate surface area is 138 Å². The zero-order valence-corrected chi connectivity index (χ0v) is 13.8. The predicted molar refractivity (Wildman–Crippen MR) is 99.9 cm³/mol. The number of hydrogen-bond acceptors (Lipinski definition) is 2.